The molecule has 0 fully saturated rings. The second kappa shape index (κ2) is 8.05. The molecular formula is C24H24F6O2. The van der Waals surface area contributed by atoms with Crippen molar-refractivity contribution in [3.05, 3.63) is 69.9 Å². The van der Waals surface area contributed by atoms with E-state index in [9.17, 15) is 35.9 Å². The standard InChI is InChI=1S/C24H24F6O2/c1-21(2,3)15-9-13(10-16(19(15)31)22(4,5)6)7-8-14-11-17(23(25,26)27)20(32)18(12-14)24(28,29)30/h7-12H,1-6H3. The molecule has 0 aliphatic heterocycles. The minimum Gasteiger partial charge on any atom is -0.289 e. The number of allylic oxidation sites excluding steroid dienone is 12. The molecular weight excluding hydrogens is 434 g/mol. The van der Waals surface area contributed by atoms with Crippen molar-refractivity contribution in [3.8, 4) is 0 Å². The van der Waals surface area contributed by atoms with E-state index in [1.807, 2.05) is 41.5 Å². The van der Waals surface area contributed by atoms with Gasteiger partial charge in [0.05, 0.1) is 0 Å². The van der Waals surface area contributed by atoms with Crippen molar-refractivity contribution in [2.75, 3.05) is 0 Å². The van der Waals surface area contributed by atoms with Crippen LogP contribution >= 0.6 is 0 Å². The van der Waals surface area contributed by atoms with Crippen molar-refractivity contribution in [1.29, 1.82) is 0 Å². The smallest absolute Gasteiger partial charge is 0.289 e. The summed E-state index contributed by atoms with van der Waals surface area (Å²) in [5.74, 6) is -2.26. The van der Waals surface area contributed by atoms with Gasteiger partial charge in [0, 0.05) is 11.1 Å². The Bertz CT molecular complexity index is 868. The van der Waals surface area contributed by atoms with Crippen LogP contribution in [-0.4, -0.2) is 23.9 Å². The second-order valence-electron chi connectivity index (χ2n) is 9.72. The van der Waals surface area contributed by atoms with Crippen molar-refractivity contribution >= 4 is 11.6 Å². The highest BCUT2D eigenvalue weighted by Gasteiger charge is 2.48. The third-order valence-electron chi connectivity index (χ3n) is 4.92. The zero-order valence-electron chi connectivity index (χ0n) is 18.5. The number of alkyl halides is 6. The Balaban J connectivity index is 2.67. The number of ketones is 2. The molecule has 0 saturated carbocycles. The van der Waals surface area contributed by atoms with Crippen LogP contribution in [0.2, 0.25) is 0 Å². The van der Waals surface area contributed by atoms with E-state index in [0.29, 0.717) is 28.9 Å². The van der Waals surface area contributed by atoms with Crippen molar-refractivity contribution in [2.45, 2.75) is 53.9 Å². The Morgan fingerprint density at radius 2 is 0.781 bits per heavy atom. The molecule has 0 atom stereocenters. The Morgan fingerprint density at radius 3 is 1.03 bits per heavy atom. The number of hydrogen-bond acceptors (Lipinski definition) is 2. The highest BCUT2D eigenvalue weighted by molar-refractivity contribution is 6.12. The maximum atomic E-state index is 13.1. The summed E-state index contributed by atoms with van der Waals surface area (Å²) in [6, 6.07) is 0. The van der Waals surface area contributed by atoms with Gasteiger partial charge in [0.25, 0.3) is 0 Å². The molecule has 2 nitrogen and oxygen atoms in total. The van der Waals surface area contributed by atoms with Gasteiger partial charge in [0.15, 0.2) is 5.78 Å². The summed E-state index contributed by atoms with van der Waals surface area (Å²) in [7, 11) is 0. The van der Waals surface area contributed by atoms with Crippen LogP contribution in [0.4, 0.5) is 26.3 Å². The third-order valence-corrected chi connectivity index (χ3v) is 4.92. The molecule has 2 aliphatic carbocycles. The van der Waals surface area contributed by atoms with Gasteiger partial charge in [-0.25, -0.2) is 0 Å². The lowest BCUT2D eigenvalue weighted by atomic mass is 9.72. The van der Waals surface area contributed by atoms with Gasteiger partial charge in [-0.2, -0.15) is 26.3 Å². The second-order valence-corrected chi connectivity index (χ2v) is 9.72. The number of Topliss-reactive ketones (excluding diaryl/α,β-unsaturated/α-hetero) is 2. The van der Waals surface area contributed by atoms with Gasteiger partial charge < -0.3 is 0 Å². The molecule has 2 aliphatic rings. The molecule has 0 amide bonds. The fraction of sp³-hybridized carbons (Fsp3) is 0.417. The molecule has 0 aromatic rings. The first-order chi connectivity index (χ1) is 14.2. The maximum Gasteiger partial charge on any atom is 0.420 e. The fourth-order valence-corrected chi connectivity index (χ4v) is 3.22. The van der Waals surface area contributed by atoms with Gasteiger partial charge in [0.2, 0.25) is 5.78 Å². The fourth-order valence-electron chi connectivity index (χ4n) is 3.22. The van der Waals surface area contributed by atoms with Crippen LogP contribution in [0.3, 0.4) is 0 Å². The summed E-state index contributed by atoms with van der Waals surface area (Å²) in [4.78, 5) is 24.7. The quantitative estimate of drug-likeness (QED) is 0.400. The largest absolute Gasteiger partial charge is 0.420 e. The average Bonchev–Trinajstić information content (AvgIpc) is 2.57. The topological polar surface area (TPSA) is 34.1 Å². The highest BCUT2D eigenvalue weighted by Crippen LogP contribution is 2.40. The molecule has 0 N–H and O–H groups in total. The van der Waals surface area contributed by atoms with E-state index in [4.69, 9.17) is 0 Å². The summed E-state index contributed by atoms with van der Waals surface area (Å²) in [5, 5.41) is 0. The molecule has 0 aromatic carbocycles. The van der Waals surface area contributed by atoms with E-state index in [2.05, 4.69) is 0 Å². The van der Waals surface area contributed by atoms with Crippen molar-refractivity contribution in [1.82, 2.24) is 0 Å². The summed E-state index contributed by atoms with van der Waals surface area (Å²) in [6.07, 6.45) is -4.12. The highest BCUT2D eigenvalue weighted by atomic mass is 19.4. The molecule has 0 bridgehead atoms. The SMILES string of the molecule is CC(C)(C)C1=CC(=CC=C2C=C(C(F)(F)F)C(=O)C(C(F)(F)F)=C2)C=C(C(C)(C)C)C1=O. The zero-order chi connectivity index (χ0) is 24.9. The molecule has 32 heavy (non-hydrogen) atoms. The van der Waals surface area contributed by atoms with Crippen LogP contribution < -0.4 is 0 Å². The van der Waals surface area contributed by atoms with Crippen LogP contribution in [0, 0.1) is 10.8 Å². The van der Waals surface area contributed by atoms with E-state index in [1.165, 1.54) is 6.08 Å². The molecule has 0 radical (unpaired) electrons. The number of hydrogen-bond donors (Lipinski definition) is 0. The lowest BCUT2D eigenvalue weighted by Crippen LogP contribution is -2.30. The minimum absolute atomic E-state index is 0.156. The average molecular weight is 458 g/mol. The minimum atomic E-state index is -5.23. The van der Waals surface area contributed by atoms with E-state index < -0.39 is 45.7 Å². The third kappa shape index (κ3) is 5.58. The van der Waals surface area contributed by atoms with Gasteiger partial charge >= 0.3 is 12.4 Å². The molecule has 0 spiro atoms. The Hall–Kier alpha value is -2.64. The monoisotopic (exact) mass is 458 g/mol. The van der Waals surface area contributed by atoms with Crippen LogP contribution in [0.5, 0.6) is 0 Å². The molecule has 0 unspecified atom stereocenters. The first-order valence-corrected chi connectivity index (χ1v) is 9.76. The van der Waals surface area contributed by atoms with Crippen LogP contribution in [-0.2, 0) is 9.59 Å². The molecule has 0 heterocycles. The van der Waals surface area contributed by atoms with E-state index >= 15 is 0 Å². The number of carbonyl (C=O) groups is 2. The predicted octanol–water partition coefficient (Wildman–Crippen LogP) is 6.93. The normalized spacial score (nSPS) is 18.8. The van der Waals surface area contributed by atoms with E-state index in [-0.39, 0.29) is 5.78 Å². The number of halogens is 6. The molecule has 8 heteroatoms. The van der Waals surface area contributed by atoms with E-state index in [0.717, 1.165) is 6.08 Å². The first kappa shape index (κ1) is 25.6. The molecule has 2 rings (SSSR count). The van der Waals surface area contributed by atoms with Crippen molar-refractivity contribution in [3.63, 3.8) is 0 Å². The zero-order valence-corrected chi connectivity index (χ0v) is 18.5. The van der Waals surface area contributed by atoms with Gasteiger partial charge in [-0.3, -0.25) is 9.59 Å². The molecule has 0 saturated heterocycles. The Kier molecular flexibility index (Phi) is 6.44. The van der Waals surface area contributed by atoms with Crippen molar-refractivity contribution < 1.29 is 35.9 Å². The Morgan fingerprint density at radius 1 is 0.531 bits per heavy atom. The summed E-state index contributed by atoms with van der Waals surface area (Å²) in [5.41, 5.74) is -3.84. The summed E-state index contributed by atoms with van der Waals surface area (Å²) in [6.45, 7) is 11.0. The van der Waals surface area contributed by atoms with Crippen LogP contribution in [0.15, 0.2) is 69.9 Å². The lowest BCUT2D eigenvalue weighted by Gasteiger charge is -2.31. The lowest BCUT2D eigenvalue weighted by molar-refractivity contribution is -0.136. The number of rotatable bonds is 1. The van der Waals surface area contributed by atoms with Gasteiger partial charge in [-0.1, -0.05) is 53.7 Å². The number of carbonyl (C=O) groups excluding carboxylic acids is 2. The summed E-state index contributed by atoms with van der Waals surface area (Å²) >= 11 is 0. The molecule has 174 valence electrons. The molecule has 0 aromatic heterocycles. The predicted molar refractivity (Wildman–Crippen MR) is 110 cm³/mol. The van der Waals surface area contributed by atoms with Crippen molar-refractivity contribution in [2.24, 2.45) is 10.8 Å². The van der Waals surface area contributed by atoms with E-state index in [1.54, 1.807) is 12.2 Å². The maximum absolute atomic E-state index is 13.1. The van der Waals surface area contributed by atoms with Crippen LogP contribution in [0.1, 0.15) is 41.5 Å². The van der Waals surface area contributed by atoms with Gasteiger partial charge in [0.1, 0.15) is 11.1 Å². The first-order valence-electron chi connectivity index (χ1n) is 9.76. The van der Waals surface area contributed by atoms with Crippen LogP contribution in [0.25, 0.3) is 0 Å². The van der Waals surface area contributed by atoms with Gasteiger partial charge in [-0.05, 0) is 46.3 Å². The Labute approximate surface area is 182 Å². The van der Waals surface area contributed by atoms with Gasteiger partial charge in [-0.15, -0.1) is 0 Å². The summed E-state index contributed by atoms with van der Waals surface area (Å²) < 4.78 is 78.9.